The van der Waals surface area contributed by atoms with E-state index in [2.05, 4.69) is 10.6 Å². The first-order chi connectivity index (χ1) is 22.5. The first kappa shape index (κ1) is 36.5. The van der Waals surface area contributed by atoms with Gasteiger partial charge in [0, 0.05) is 29.2 Å². The number of aliphatic hydroxyl groups excluding tert-OH is 5. The molecule has 0 radical (unpaired) electrons. The Morgan fingerprint density at radius 3 is 1.45 bits per heavy atom. The third-order valence-corrected chi connectivity index (χ3v) is 9.58. The van der Waals surface area contributed by atoms with Gasteiger partial charge in [-0.05, 0) is 24.3 Å². The Kier molecular flexibility index (Phi) is 12.5. The average Bonchev–Trinajstić information content (AvgIpc) is 3.09. The maximum Gasteiger partial charge on any atom is 0.251 e. The highest BCUT2D eigenvalue weighted by Crippen LogP contribution is 2.38. The topological polar surface area (TPSA) is 215 Å². The van der Waals surface area contributed by atoms with Gasteiger partial charge in [0.15, 0.2) is 0 Å². The van der Waals surface area contributed by atoms with Crippen LogP contribution in [0.1, 0.15) is 27.6 Å². The van der Waals surface area contributed by atoms with Crippen molar-refractivity contribution in [3.63, 3.8) is 0 Å². The molecule has 7 N–H and O–H groups in total. The lowest BCUT2D eigenvalue weighted by Gasteiger charge is -2.47. The van der Waals surface area contributed by atoms with E-state index in [0.29, 0.717) is 23.0 Å². The molecule has 2 fully saturated rings. The van der Waals surface area contributed by atoms with E-state index in [1.165, 1.54) is 52.7 Å². The number of methoxy groups -OCH3 is 4. The van der Waals surface area contributed by atoms with Gasteiger partial charge in [-0.1, -0.05) is 18.7 Å². The molecule has 0 saturated carbocycles. The molecule has 15 nitrogen and oxygen atoms in total. The molecule has 4 unspecified atom stereocenters. The van der Waals surface area contributed by atoms with Gasteiger partial charge in [-0.2, -0.15) is 0 Å². The van der Waals surface area contributed by atoms with Crippen molar-refractivity contribution in [2.24, 2.45) is 5.92 Å². The number of nitrogens with one attached hydrogen (secondary N) is 2. The summed E-state index contributed by atoms with van der Waals surface area (Å²) in [4.78, 5) is 26.6. The zero-order valence-electron chi connectivity index (χ0n) is 26.6. The van der Waals surface area contributed by atoms with Gasteiger partial charge in [0.25, 0.3) is 11.8 Å². The van der Waals surface area contributed by atoms with Crippen molar-refractivity contribution in [1.29, 1.82) is 0 Å². The summed E-state index contributed by atoms with van der Waals surface area (Å²) in [6.07, 6.45) is -6.51. The predicted octanol–water partition coefficient (Wildman–Crippen LogP) is -0.496. The molecule has 10 atom stereocenters. The predicted molar refractivity (Wildman–Crippen MR) is 168 cm³/mol. The van der Waals surface area contributed by atoms with Crippen LogP contribution in [0.4, 0.5) is 0 Å². The highest BCUT2D eigenvalue weighted by Gasteiger charge is 2.50. The van der Waals surface area contributed by atoms with Crippen LogP contribution in [0.15, 0.2) is 36.4 Å². The molecule has 2 aromatic carbocycles. The van der Waals surface area contributed by atoms with Gasteiger partial charge in [-0.15, -0.1) is 0 Å². The number of amides is 2. The number of ether oxygens (including phenoxy) is 6. The van der Waals surface area contributed by atoms with Gasteiger partial charge in [0.1, 0.15) is 58.3 Å². The van der Waals surface area contributed by atoms with Crippen LogP contribution in [0.2, 0.25) is 0 Å². The normalized spacial score (nSPS) is 30.6. The van der Waals surface area contributed by atoms with Gasteiger partial charge in [0.05, 0.1) is 59.8 Å². The molecule has 2 saturated heterocycles. The van der Waals surface area contributed by atoms with Crippen LogP contribution in [-0.4, -0.2) is 132 Å². The van der Waals surface area contributed by atoms with Crippen molar-refractivity contribution in [3.05, 3.63) is 47.5 Å². The number of carbonyl (C=O) groups is 2. The Labute approximate surface area is 276 Å². The molecule has 16 heteroatoms. The molecule has 0 aromatic heterocycles. The molecule has 47 heavy (non-hydrogen) atoms. The van der Waals surface area contributed by atoms with E-state index >= 15 is 0 Å². The fraction of sp³-hybridized carbons (Fsp3) is 0.548. The van der Waals surface area contributed by atoms with E-state index in [1.807, 2.05) is 0 Å². The third-order valence-electron chi connectivity index (χ3n) is 8.26. The van der Waals surface area contributed by atoms with Crippen LogP contribution in [0.5, 0.6) is 23.0 Å². The standard InChI is InChI=1S/C31H42N2O13S/c1-14-21(12-34)45-30(26(37)23(14)32-28(39)15-6-17(41-2)10-18(7-15)42-3)47-31-27(38)24(25(36)22(13-35)46-31)33-29(40)16-8-19(43-4)11-20(9-16)44-5/h6-11,14,21-27,30-31,34-38H,12-13H2,1-5H3,(H,32,39)(H,33,40)/t14-,21+,22?,23?,24?,25-,26?,27-,30-,31-/m0/s1. The number of thioether (sulfide) groups is 1. The molecule has 0 bridgehead atoms. The number of hydrogen-bond acceptors (Lipinski definition) is 14. The maximum absolute atomic E-state index is 13.3. The number of benzene rings is 2. The van der Waals surface area contributed by atoms with E-state index in [9.17, 15) is 35.1 Å². The third kappa shape index (κ3) is 8.21. The molecule has 0 spiro atoms. The first-order valence-corrected chi connectivity index (χ1v) is 15.7. The monoisotopic (exact) mass is 682 g/mol. The van der Waals surface area contributed by atoms with Crippen molar-refractivity contribution in [2.75, 3.05) is 41.7 Å². The zero-order chi connectivity index (χ0) is 34.4. The van der Waals surface area contributed by atoms with Crippen LogP contribution < -0.4 is 29.6 Å². The SMILES string of the molecule is COc1cc(OC)cc(C(=O)NC2C(O)[C@H](S[C@@H]3OC(CO)[C@H](O)C(NC(=O)c4cc(OC)cc(OC)c4)[C@@H]3O)O[C@H](CO)[C@@H]2C)c1. The second-order valence-corrected chi connectivity index (χ2v) is 12.3. The Morgan fingerprint density at radius 2 is 1.04 bits per heavy atom. The Hall–Kier alpha value is -3.35. The summed E-state index contributed by atoms with van der Waals surface area (Å²) in [5.74, 6) is -0.331. The van der Waals surface area contributed by atoms with Crippen LogP contribution in [-0.2, 0) is 9.47 Å². The minimum Gasteiger partial charge on any atom is -0.497 e. The quantitative estimate of drug-likeness (QED) is 0.150. The highest BCUT2D eigenvalue weighted by molar-refractivity contribution is 8.00. The van der Waals surface area contributed by atoms with E-state index in [-0.39, 0.29) is 11.1 Å². The van der Waals surface area contributed by atoms with Gasteiger partial charge >= 0.3 is 0 Å². The molecule has 2 aliphatic heterocycles. The minimum absolute atomic E-state index is 0.120. The number of aliphatic hydroxyl groups is 5. The summed E-state index contributed by atoms with van der Waals surface area (Å²) in [6, 6.07) is 6.83. The van der Waals surface area contributed by atoms with Crippen molar-refractivity contribution in [3.8, 4) is 23.0 Å². The zero-order valence-corrected chi connectivity index (χ0v) is 27.4. The molecule has 2 aromatic rings. The van der Waals surface area contributed by atoms with Crippen molar-refractivity contribution in [1.82, 2.24) is 10.6 Å². The Bertz CT molecular complexity index is 1240. The van der Waals surface area contributed by atoms with Crippen molar-refractivity contribution in [2.45, 2.75) is 60.4 Å². The smallest absolute Gasteiger partial charge is 0.251 e. The molecule has 2 amide bonds. The van der Waals surface area contributed by atoms with Gasteiger partial charge in [-0.3, -0.25) is 9.59 Å². The number of rotatable bonds is 12. The lowest BCUT2D eigenvalue weighted by Crippen LogP contribution is -2.65. The Morgan fingerprint density at radius 1 is 0.660 bits per heavy atom. The summed E-state index contributed by atoms with van der Waals surface area (Å²) in [7, 11) is 5.74. The second kappa shape index (κ2) is 16.2. The highest BCUT2D eigenvalue weighted by atomic mass is 32.2. The van der Waals surface area contributed by atoms with E-state index < -0.39 is 84.4 Å². The molecule has 4 rings (SSSR count). The second-order valence-electron chi connectivity index (χ2n) is 11.1. The van der Waals surface area contributed by atoms with Crippen LogP contribution in [0.3, 0.4) is 0 Å². The van der Waals surface area contributed by atoms with Crippen LogP contribution >= 0.6 is 11.8 Å². The number of carbonyl (C=O) groups excluding carboxylic acids is 2. The molecule has 0 aliphatic carbocycles. The fourth-order valence-electron chi connectivity index (χ4n) is 5.48. The summed E-state index contributed by atoms with van der Waals surface area (Å²) >= 11 is 0.817. The summed E-state index contributed by atoms with van der Waals surface area (Å²) in [6.45, 7) is 0.599. The lowest BCUT2D eigenvalue weighted by molar-refractivity contribution is -0.168. The van der Waals surface area contributed by atoms with Crippen molar-refractivity contribution >= 4 is 23.6 Å². The average molecular weight is 683 g/mol. The van der Waals surface area contributed by atoms with Crippen molar-refractivity contribution < 1.29 is 63.5 Å². The minimum atomic E-state index is -1.56. The molecule has 2 heterocycles. The summed E-state index contributed by atoms with van der Waals surface area (Å²) in [5.41, 5.74) is -2.08. The van der Waals surface area contributed by atoms with E-state index in [1.54, 1.807) is 19.1 Å². The lowest BCUT2D eigenvalue weighted by atomic mass is 9.89. The first-order valence-electron chi connectivity index (χ1n) is 14.8. The van der Waals surface area contributed by atoms with Gasteiger partial charge in [0.2, 0.25) is 0 Å². The van der Waals surface area contributed by atoms with E-state index in [4.69, 9.17) is 28.4 Å². The van der Waals surface area contributed by atoms with Crippen LogP contribution in [0.25, 0.3) is 0 Å². The maximum atomic E-state index is 13.3. The molecular weight excluding hydrogens is 640 g/mol. The largest absolute Gasteiger partial charge is 0.497 e. The Balaban J connectivity index is 1.54. The van der Waals surface area contributed by atoms with E-state index in [0.717, 1.165) is 11.8 Å². The molecular formula is C31H42N2O13S. The molecule has 260 valence electrons. The van der Waals surface area contributed by atoms with Gasteiger partial charge in [-0.25, -0.2) is 0 Å². The fourth-order valence-corrected chi connectivity index (χ4v) is 6.81. The summed E-state index contributed by atoms with van der Waals surface area (Å²) < 4.78 is 32.7. The number of hydrogen-bond donors (Lipinski definition) is 7. The molecule has 2 aliphatic rings. The van der Waals surface area contributed by atoms with Gasteiger partial charge < -0.3 is 64.6 Å². The van der Waals surface area contributed by atoms with Crippen LogP contribution in [0, 0.1) is 5.92 Å². The summed E-state index contributed by atoms with van der Waals surface area (Å²) in [5, 5.41) is 59.2.